The largest absolute Gasteiger partial charge is 0.494 e. The molecule has 2 aromatic carbocycles. The second kappa shape index (κ2) is 6.04. The van der Waals surface area contributed by atoms with Crippen molar-refractivity contribution in [2.45, 2.75) is 6.92 Å². The minimum Gasteiger partial charge on any atom is -0.494 e. The van der Waals surface area contributed by atoms with Crippen LogP contribution in [0.15, 0.2) is 48.5 Å². The number of fused-ring (bicyclic) bond motifs is 1. The fourth-order valence-corrected chi connectivity index (χ4v) is 2.52. The minimum absolute atomic E-state index is 0.264. The molecule has 0 N–H and O–H groups in total. The van der Waals surface area contributed by atoms with Crippen LogP contribution in [0.3, 0.4) is 0 Å². The van der Waals surface area contributed by atoms with Crippen molar-refractivity contribution in [2.24, 2.45) is 0 Å². The predicted octanol–water partition coefficient (Wildman–Crippen LogP) is 2.56. The molecule has 2 aromatic rings. The van der Waals surface area contributed by atoms with Gasteiger partial charge in [-0.15, -0.1) is 0 Å². The maximum atomic E-state index is 12.3. The fourth-order valence-electron chi connectivity index (χ4n) is 2.52. The summed E-state index contributed by atoms with van der Waals surface area (Å²) in [5.74, 6) is -0.470. The first kappa shape index (κ1) is 15.0. The Labute approximate surface area is 133 Å². The highest BCUT2D eigenvalue weighted by Gasteiger charge is 2.36. The number of ether oxygens (including phenoxy) is 1. The Balaban J connectivity index is 1.76. The lowest BCUT2D eigenvalue weighted by Gasteiger charge is -2.13. The number of rotatable bonds is 5. The molecule has 0 saturated heterocycles. The molecule has 0 saturated carbocycles. The molecule has 3 rings (SSSR count). The van der Waals surface area contributed by atoms with Crippen LogP contribution in [-0.2, 0) is 0 Å². The van der Waals surface area contributed by atoms with Crippen LogP contribution in [0.2, 0.25) is 0 Å². The fraction of sp³-hybridized carbons (Fsp3) is 0.167. The molecule has 5 nitrogen and oxygen atoms in total. The monoisotopic (exact) mass is 309 g/mol. The standard InChI is InChI=1S/C18H15NO4/c1-2-23-13-9-7-12(8-10-13)16(20)11-19-17(21)14-5-3-4-6-15(14)18(19)22/h3-10H,2,11H2,1H3. The number of hydrogen-bond donors (Lipinski definition) is 0. The molecule has 1 aliphatic rings. The zero-order valence-electron chi connectivity index (χ0n) is 12.6. The van der Waals surface area contributed by atoms with Crippen molar-refractivity contribution >= 4 is 17.6 Å². The van der Waals surface area contributed by atoms with Crippen LogP contribution >= 0.6 is 0 Å². The average Bonchev–Trinajstić information content (AvgIpc) is 2.81. The van der Waals surface area contributed by atoms with Gasteiger partial charge < -0.3 is 4.74 Å². The van der Waals surface area contributed by atoms with Gasteiger partial charge >= 0.3 is 0 Å². The molecule has 2 amide bonds. The molecule has 0 radical (unpaired) electrons. The summed E-state index contributed by atoms with van der Waals surface area (Å²) in [5, 5.41) is 0. The van der Waals surface area contributed by atoms with Crippen LogP contribution in [0.4, 0.5) is 0 Å². The number of carbonyl (C=O) groups excluding carboxylic acids is 3. The number of amides is 2. The van der Waals surface area contributed by atoms with E-state index in [0.717, 1.165) is 4.90 Å². The average molecular weight is 309 g/mol. The van der Waals surface area contributed by atoms with Crippen molar-refractivity contribution < 1.29 is 19.1 Å². The lowest BCUT2D eigenvalue weighted by molar-refractivity contribution is 0.0624. The van der Waals surface area contributed by atoms with Gasteiger partial charge in [0.25, 0.3) is 11.8 Å². The summed E-state index contributed by atoms with van der Waals surface area (Å²) in [5.41, 5.74) is 1.12. The quantitative estimate of drug-likeness (QED) is 0.629. The van der Waals surface area contributed by atoms with E-state index in [4.69, 9.17) is 4.74 Å². The SMILES string of the molecule is CCOc1ccc(C(=O)CN2C(=O)c3ccccc3C2=O)cc1. The van der Waals surface area contributed by atoms with E-state index in [-0.39, 0.29) is 12.3 Å². The first-order chi connectivity index (χ1) is 11.1. The molecule has 0 bridgehead atoms. The second-order valence-corrected chi connectivity index (χ2v) is 5.12. The summed E-state index contributed by atoms with van der Waals surface area (Å²) >= 11 is 0. The number of benzene rings is 2. The summed E-state index contributed by atoms with van der Waals surface area (Å²) in [7, 11) is 0. The highest BCUT2D eigenvalue weighted by atomic mass is 16.5. The van der Waals surface area contributed by atoms with Gasteiger partial charge in [-0.25, -0.2) is 0 Å². The van der Waals surface area contributed by atoms with Gasteiger partial charge in [-0.3, -0.25) is 19.3 Å². The van der Waals surface area contributed by atoms with Crippen molar-refractivity contribution in [2.75, 3.05) is 13.2 Å². The Morgan fingerprint density at radius 2 is 1.52 bits per heavy atom. The van der Waals surface area contributed by atoms with E-state index in [0.29, 0.717) is 29.0 Å². The van der Waals surface area contributed by atoms with Gasteiger partial charge in [-0.2, -0.15) is 0 Å². The van der Waals surface area contributed by atoms with E-state index in [1.807, 2.05) is 6.92 Å². The van der Waals surface area contributed by atoms with Crippen molar-refractivity contribution in [3.05, 3.63) is 65.2 Å². The Morgan fingerprint density at radius 1 is 0.957 bits per heavy atom. The zero-order chi connectivity index (χ0) is 16.4. The summed E-state index contributed by atoms with van der Waals surface area (Å²) in [6.07, 6.45) is 0. The molecule has 0 fully saturated rings. The molecule has 1 heterocycles. The van der Waals surface area contributed by atoms with E-state index in [1.54, 1.807) is 48.5 Å². The molecule has 1 aliphatic heterocycles. The van der Waals surface area contributed by atoms with E-state index >= 15 is 0 Å². The Kier molecular flexibility index (Phi) is 3.93. The van der Waals surface area contributed by atoms with Gasteiger partial charge in [0.1, 0.15) is 5.75 Å². The van der Waals surface area contributed by atoms with Gasteiger partial charge in [0.05, 0.1) is 24.3 Å². The Bertz CT molecular complexity index is 745. The highest BCUT2D eigenvalue weighted by molar-refractivity contribution is 6.23. The van der Waals surface area contributed by atoms with Crippen LogP contribution < -0.4 is 4.74 Å². The van der Waals surface area contributed by atoms with Gasteiger partial charge in [-0.1, -0.05) is 12.1 Å². The Hall–Kier alpha value is -2.95. The first-order valence-corrected chi connectivity index (χ1v) is 7.33. The number of Topliss-reactive ketones (excluding diaryl/α,β-unsaturated/α-hetero) is 1. The van der Waals surface area contributed by atoms with Crippen LogP contribution in [-0.4, -0.2) is 35.6 Å². The molecular weight excluding hydrogens is 294 g/mol. The van der Waals surface area contributed by atoms with Crippen LogP contribution in [0.25, 0.3) is 0 Å². The molecule has 0 unspecified atom stereocenters. The highest BCUT2D eigenvalue weighted by Crippen LogP contribution is 2.23. The van der Waals surface area contributed by atoms with Crippen LogP contribution in [0.1, 0.15) is 38.0 Å². The second-order valence-electron chi connectivity index (χ2n) is 5.12. The number of hydrogen-bond acceptors (Lipinski definition) is 4. The molecule has 0 aromatic heterocycles. The van der Waals surface area contributed by atoms with E-state index in [2.05, 4.69) is 0 Å². The first-order valence-electron chi connectivity index (χ1n) is 7.33. The Morgan fingerprint density at radius 3 is 2.04 bits per heavy atom. The normalized spacial score (nSPS) is 13.2. The predicted molar refractivity (Wildman–Crippen MR) is 83.8 cm³/mol. The van der Waals surface area contributed by atoms with E-state index < -0.39 is 11.8 Å². The van der Waals surface area contributed by atoms with Crippen LogP contribution in [0.5, 0.6) is 5.75 Å². The summed E-state index contributed by atoms with van der Waals surface area (Å²) in [4.78, 5) is 37.8. The third kappa shape index (κ3) is 2.73. The van der Waals surface area contributed by atoms with Crippen molar-refractivity contribution in [3.8, 4) is 5.75 Å². The van der Waals surface area contributed by atoms with Crippen molar-refractivity contribution in [1.82, 2.24) is 4.90 Å². The molecule has 116 valence electrons. The topological polar surface area (TPSA) is 63.7 Å². The third-order valence-electron chi connectivity index (χ3n) is 3.67. The molecule has 5 heteroatoms. The summed E-state index contributed by atoms with van der Waals surface area (Å²) < 4.78 is 5.32. The maximum Gasteiger partial charge on any atom is 0.261 e. The van der Waals surface area contributed by atoms with Gasteiger partial charge in [0.15, 0.2) is 5.78 Å². The molecule has 0 spiro atoms. The number of ketones is 1. The molecular formula is C18H15NO4. The number of nitrogens with zero attached hydrogens (tertiary/aromatic N) is 1. The summed E-state index contributed by atoms with van der Waals surface area (Å²) in [6, 6.07) is 13.2. The molecule has 23 heavy (non-hydrogen) atoms. The maximum absolute atomic E-state index is 12.3. The van der Waals surface area contributed by atoms with Gasteiger partial charge in [0, 0.05) is 5.56 Å². The minimum atomic E-state index is -0.426. The van der Waals surface area contributed by atoms with Crippen molar-refractivity contribution in [1.29, 1.82) is 0 Å². The molecule has 0 aliphatic carbocycles. The molecule has 0 atom stereocenters. The number of carbonyl (C=O) groups is 3. The van der Waals surface area contributed by atoms with Gasteiger partial charge in [-0.05, 0) is 43.3 Å². The number of imide groups is 1. The lowest BCUT2D eigenvalue weighted by Crippen LogP contribution is -2.34. The lowest BCUT2D eigenvalue weighted by atomic mass is 10.1. The van der Waals surface area contributed by atoms with Crippen molar-refractivity contribution in [3.63, 3.8) is 0 Å². The summed E-state index contributed by atoms with van der Waals surface area (Å²) in [6.45, 7) is 2.16. The van der Waals surface area contributed by atoms with Gasteiger partial charge in [0.2, 0.25) is 0 Å². The van der Waals surface area contributed by atoms with Crippen LogP contribution in [0, 0.1) is 0 Å². The smallest absolute Gasteiger partial charge is 0.261 e. The van der Waals surface area contributed by atoms with E-state index in [1.165, 1.54) is 0 Å². The zero-order valence-corrected chi connectivity index (χ0v) is 12.6. The van der Waals surface area contributed by atoms with E-state index in [9.17, 15) is 14.4 Å². The third-order valence-corrected chi connectivity index (χ3v) is 3.67.